The van der Waals surface area contributed by atoms with Crippen LogP contribution in [0.25, 0.3) is 32.7 Å². The molecule has 0 aliphatic rings. The van der Waals surface area contributed by atoms with E-state index in [0.717, 1.165) is 54.7 Å². The highest BCUT2D eigenvalue weighted by atomic mass is 31.2. The van der Waals surface area contributed by atoms with E-state index in [1.807, 2.05) is 60.7 Å². The summed E-state index contributed by atoms with van der Waals surface area (Å²) in [7, 11) is -5.90. The lowest BCUT2D eigenvalue weighted by molar-refractivity contribution is 0.592. The maximum Gasteiger partial charge on any atom is 0.171 e. The minimum Gasteiger partial charge on any atom is -0.309 e. The summed E-state index contributed by atoms with van der Waals surface area (Å²) in [6, 6.07) is 79.8. The van der Waals surface area contributed by atoms with E-state index in [1.165, 1.54) is 21.5 Å². The van der Waals surface area contributed by atoms with Gasteiger partial charge in [0.15, 0.2) is 7.14 Å². The Kier molecular flexibility index (Phi) is 9.14. The van der Waals surface area contributed by atoms with Gasteiger partial charge in [0.05, 0.1) is 6.16 Å². The van der Waals surface area contributed by atoms with Crippen molar-refractivity contribution in [2.75, 3.05) is 0 Å². The summed E-state index contributed by atoms with van der Waals surface area (Å²) < 4.78 is 16.6. The van der Waals surface area contributed by atoms with Crippen molar-refractivity contribution >= 4 is 67.8 Å². The van der Waals surface area contributed by atoms with Crippen LogP contribution in [-0.2, 0) is 10.7 Å². The molecule has 0 spiro atoms. The zero-order valence-corrected chi connectivity index (χ0v) is 31.7. The molecule has 0 N–H and O–H groups in total. The molecule has 258 valence electrons. The maximum atomic E-state index is 16.6. The van der Waals surface area contributed by atoms with E-state index in [2.05, 4.69) is 164 Å². The Morgan fingerprint density at radius 2 is 0.778 bits per heavy atom. The van der Waals surface area contributed by atoms with E-state index in [0.29, 0.717) is 0 Å². The molecule has 9 aromatic carbocycles. The molecule has 1 nitrogen and oxygen atoms in total. The summed E-state index contributed by atoms with van der Waals surface area (Å²) in [6.45, 7) is 0. The van der Waals surface area contributed by atoms with Crippen LogP contribution in [0.15, 0.2) is 224 Å². The molecule has 0 radical (unpaired) electrons. The van der Waals surface area contributed by atoms with Crippen molar-refractivity contribution in [2.24, 2.45) is 0 Å². The lowest BCUT2D eigenvalue weighted by atomic mass is 9.93. The first-order valence-corrected chi connectivity index (χ1v) is 22.2. The summed E-state index contributed by atoms with van der Waals surface area (Å²) >= 11 is 0. The number of hydrogen-bond acceptors (Lipinski definition) is 1. The van der Waals surface area contributed by atoms with Gasteiger partial charge in [0, 0.05) is 27.0 Å². The minimum absolute atomic E-state index is 0.825. The Balaban J connectivity index is 1.50. The van der Waals surface area contributed by atoms with E-state index < -0.39 is 14.4 Å². The fraction of sp³-hybridized carbons (Fsp3) is 0.0196. The highest BCUT2D eigenvalue weighted by Gasteiger charge is 2.48. The average Bonchev–Trinajstić information content (AvgIpc) is 3.26. The fourth-order valence-corrected chi connectivity index (χ4v) is 15.6. The molecular weight excluding hydrogens is 691 g/mol. The van der Waals surface area contributed by atoms with Gasteiger partial charge in [0.1, 0.15) is 23.2 Å². The zero-order valence-electron chi connectivity index (χ0n) is 29.9. The van der Waals surface area contributed by atoms with Crippen molar-refractivity contribution in [1.82, 2.24) is 0 Å². The summed E-state index contributed by atoms with van der Waals surface area (Å²) in [4.78, 5) is 0. The van der Waals surface area contributed by atoms with Crippen LogP contribution in [0.3, 0.4) is 0 Å². The summed E-state index contributed by atoms with van der Waals surface area (Å²) in [6.07, 6.45) is 0.836. The average molecular weight is 730 g/mol. The predicted molar refractivity (Wildman–Crippen MR) is 235 cm³/mol. The van der Waals surface area contributed by atoms with Crippen LogP contribution in [0, 0.1) is 0 Å². The second-order valence-corrected chi connectivity index (χ2v) is 20.0. The molecule has 0 fully saturated rings. The van der Waals surface area contributed by atoms with Crippen LogP contribution >= 0.6 is 14.4 Å². The Morgan fingerprint density at radius 1 is 0.370 bits per heavy atom. The van der Waals surface area contributed by atoms with Gasteiger partial charge in [-0.1, -0.05) is 188 Å². The van der Waals surface area contributed by atoms with Crippen LogP contribution < -0.4 is 31.8 Å². The van der Waals surface area contributed by atoms with Crippen molar-refractivity contribution in [2.45, 2.75) is 6.16 Å². The molecule has 0 unspecified atom stereocenters. The third-order valence-corrected chi connectivity index (χ3v) is 18.2. The van der Waals surface area contributed by atoms with Gasteiger partial charge in [-0.15, -0.1) is 0 Å². The molecule has 54 heavy (non-hydrogen) atoms. The zero-order chi connectivity index (χ0) is 36.4. The van der Waals surface area contributed by atoms with E-state index in [-0.39, 0.29) is 0 Å². The lowest BCUT2D eigenvalue weighted by Gasteiger charge is -2.32. The summed E-state index contributed by atoms with van der Waals surface area (Å²) in [5.74, 6) is 0. The summed E-state index contributed by atoms with van der Waals surface area (Å²) in [5, 5.41) is 10.9. The first-order chi connectivity index (χ1) is 26.7. The van der Waals surface area contributed by atoms with Crippen LogP contribution in [0.2, 0.25) is 0 Å². The van der Waals surface area contributed by atoms with Crippen molar-refractivity contribution < 1.29 is 4.57 Å². The van der Waals surface area contributed by atoms with Crippen LogP contribution in [0.5, 0.6) is 0 Å². The Labute approximate surface area is 318 Å². The van der Waals surface area contributed by atoms with Crippen molar-refractivity contribution in [3.63, 3.8) is 0 Å². The molecule has 0 aliphatic carbocycles. The van der Waals surface area contributed by atoms with Crippen molar-refractivity contribution in [3.8, 4) is 11.1 Å². The normalized spacial score (nSPS) is 11.9. The van der Waals surface area contributed by atoms with E-state index in [4.69, 9.17) is 0 Å². The largest absolute Gasteiger partial charge is 0.309 e. The van der Waals surface area contributed by atoms with Crippen molar-refractivity contribution in [1.29, 1.82) is 0 Å². The van der Waals surface area contributed by atoms with Gasteiger partial charge in [-0.05, 0) is 63.5 Å². The Hall–Kier alpha value is -5.84. The van der Waals surface area contributed by atoms with E-state index in [9.17, 15) is 0 Å². The third kappa shape index (κ3) is 5.82. The van der Waals surface area contributed by atoms with Crippen LogP contribution in [0.1, 0.15) is 5.56 Å². The van der Waals surface area contributed by atoms with Gasteiger partial charge in [-0.2, -0.15) is 0 Å². The highest BCUT2D eigenvalue weighted by Crippen LogP contribution is 2.61. The number of rotatable bonds is 9. The molecule has 9 rings (SSSR count). The van der Waals surface area contributed by atoms with Gasteiger partial charge >= 0.3 is 0 Å². The molecule has 3 heteroatoms. The maximum absolute atomic E-state index is 16.6. The highest BCUT2D eigenvalue weighted by molar-refractivity contribution is 7.95. The molecular formula is C51H39OP2+. The standard InChI is InChI=1S/C51H39OP2/c52-54(44-28-12-4-13-29-44,45-30-14-5-15-31-45)49-37-35-41-23-17-19-33-47(41)51(49)50-46-32-18-16-22-40(46)34-36-48(50)53(42-24-8-2-9-25-42,43-26-10-3-11-27-43)38-39-20-6-1-7-21-39/h1-37H,38H2/q+1. The quantitative estimate of drug-likeness (QED) is 0.135. The molecule has 9 aromatic rings. The van der Waals surface area contributed by atoms with Gasteiger partial charge in [0.2, 0.25) is 0 Å². The molecule has 0 bridgehead atoms. The minimum atomic E-state index is -3.43. The SMILES string of the molecule is O=P(c1ccccc1)(c1ccccc1)c1ccc2ccccc2c1-c1c([P+](Cc2ccccc2)(c2ccccc2)c2ccccc2)ccc2ccccc12. The number of fused-ring (bicyclic) bond motifs is 2. The Bertz CT molecular complexity index is 2670. The van der Waals surface area contributed by atoms with E-state index >= 15 is 4.57 Å². The molecule has 0 heterocycles. The third-order valence-electron chi connectivity index (χ3n) is 10.7. The molecule has 0 saturated carbocycles. The van der Waals surface area contributed by atoms with Crippen molar-refractivity contribution in [3.05, 3.63) is 230 Å². The smallest absolute Gasteiger partial charge is 0.171 e. The van der Waals surface area contributed by atoms with Gasteiger partial charge in [-0.25, -0.2) is 0 Å². The molecule has 0 aromatic heterocycles. The van der Waals surface area contributed by atoms with Crippen LogP contribution in [-0.4, -0.2) is 0 Å². The monoisotopic (exact) mass is 729 g/mol. The van der Waals surface area contributed by atoms with Crippen LogP contribution in [0.4, 0.5) is 0 Å². The van der Waals surface area contributed by atoms with Gasteiger partial charge in [0.25, 0.3) is 0 Å². The predicted octanol–water partition coefficient (Wildman–Crippen LogP) is 10.8. The van der Waals surface area contributed by atoms with Gasteiger partial charge in [-0.3, -0.25) is 0 Å². The van der Waals surface area contributed by atoms with Gasteiger partial charge < -0.3 is 4.57 Å². The second-order valence-electron chi connectivity index (χ2n) is 13.8. The molecule has 0 amide bonds. The number of hydrogen-bond donors (Lipinski definition) is 0. The first kappa shape index (κ1) is 34.0. The lowest BCUT2D eigenvalue weighted by Crippen LogP contribution is -2.35. The summed E-state index contributed by atoms with van der Waals surface area (Å²) in [5.41, 5.74) is 3.49. The first-order valence-electron chi connectivity index (χ1n) is 18.5. The fourth-order valence-electron chi connectivity index (χ4n) is 8.25. The molecule has 0 saturated heterocycles. The Morgan fingerprint density at radius 3 is 1.30 bits per heavy atom. The molecule has 0 aliphatic heterocycles. The second kappa shape index (κ2) is 14.5. The number of benzene rings is 9. The molecule has 0 atom stereocenters. The van der Waals surface area contributed by atoms with E-state index in [1.54, 1.807) is 0 Å². The topological polar surface area (TPSA) is 17.1 Å².